The number of aromatic carboxylic acids is 1. The van der Waals surface area contributed by atoms with Crippen molar-refractivity contribution in [3.8, 4) is 17.0 Å². The standard InChI is InChI=1S/C17H21N3O3/c1-2-3-4-5-10-23-13-8-6-12(7-9-13)14-11-15(16(21)22)20-17(18)19-14/h6-9,11H,2-5,10H2,1H3,(H,21,22)(H2,18,19,20). The summed E-state index contributed by atoms with van der Waals surface area (Å²) in [5, 5.41) is 9.02. The fraction of sp³-hybridized carbons (Fsp3) is 0.353. The summed E-state index contributed by atoms with van der Waals surface area (Å²) in [4.78, 5) is 18.8. The molecule has 0 spiro atoms. The number of rotatable bonds is 8. The first-order chi connectivity index (χ1) is 11.1. The van der Waals surface area contributed by atoms with Crippen molar-refractivity contribution in [1.29, 1.82) is 0 Å². The quantitative estimate of drug-likeness (QED) is 0.725. The lowest BCUT2D eigenvalue weighted by Crippen LogP contribution is -2.06. The number of hydrogen-bond acceptors (Lipinski definition) is 5. The third kappa shape index (κ3) is 4.95. The van der Waals surface area contributed by atoms with Crippen LogP contribution in [0.1, 0.15) is 43.1 Å². The molecule has 0 bridgehead atoms. The van der Waals surface area contributed by atoms with E-state index in [1.807, 2.05) is 24.3 Å². The van der Waals surface area contributed by atoms with Gasteiger partial charge in [0.05, 0.1) is 12.3 Å². The molecule has 2 rings (SSSR count). The van der Waals surface area contributed by atoms with Gasteiger partial charge in [0.25, 0.3) is 0 Å². The van der Waals surface area contributed by atoms with Crippen LogP contribution in [-0.2, 0) is 0 Å². The first-order valence-electron chi connectivity index (χ1n) is 7.71. The third-order valence-corrected chi connectivity index (χ3v) is 3.38. The number of nitrogen functional groups attached to an aromatic ring is 1. The van der Waals surface area contributed by atoms with Crippen LogP contribution in [0.3, 0.4) is 0 Å². The van der Waals surface area contributed by atoms with Crippen molar-refractivity contribution in [2.45, 2.75) is 32.6 Å². The van der Waals surface area contributed by atoms with Gasteiger partial charge in [-0.25, -0.2) is 14.8 Å². The maximum absolute atomic E-state index is 11.0. The molecule has 0 atom stereocenters. The van der Waals surface area contributed by atoms with E-state index < -0.39 is 5.97 Å². The molecule has 3 N–H and O–H groups in total. The van der Waals surface area contributed by atoms with E-state index in [4.69, 9.17) is 15.6 Å². The van der Waals surface area contributed by atoms with Crippen LogP contribution in [0.4, 0.5) is 5.95 Å². The van der Waals surface area contributed by atoms with Gasteiger partial charge >= 0.3 is 5.97 Å². The molecule has 0 aliphatic carbocycles. The van der Waals surface area contributed by atoms with Crippen LogP contribution in [-0.4, -0.2) is 27.7 Å². The fourth-order valence-electron chi connectivity index (χ4n) is 2.16. The van der Waals surface area contributed by atoms with Gasteiger partial charge in [-0.05, 0) is 36.8 Å². The van der Waals surface area contributed by atoms with Gasteiger partial charge in [0.2, 0.25) is 5.95 Å². The van der Waals surface area contributed by atoms with E-state index in [1.54, 1.807) is 0 Å². The molecule has 1 aromatic carbocycles. The van der Waals surface area contributed by atoms with E-state index in [-0.39, 0.29) is 11.6 Å². The molecule has 0 aliphatic heterocycles. The Balaban J connectivity index is 2.03. The van der Waals surface area contributed by atoms with E-state index in [2.05, 4.69) is 16.9 Å². The summed E-state index contributed by atoms with van der Waals surface area (Å²) in [5.41, 5.74) is 6.68. The monoisotopic (exact) mass is 315 g/mol. The molecule has 122 valence electrons. The minimum absolute atomic E-state index is 0.0591. The summed E-state index contributed by atoms with van der Waals surface area (Å²) >= 11 is 0. The fourth-order valence-corrected chi connectivity index (χ4v) is 2.16. The molecule has 0 fully saturated rings. The highest BCUT2D eigenvalue weighted by Crippen LogP contribution is 2.22. The Labute approximate surface area is 135 Å². The molecular weight excluding hydrogens is 294 g/mol. The second kappa shape index (κ2) is 8.12. The van der Waals surface area contributed by atoms with Gasteiger partial charge in [-0.1, -0.05) is 26.2 Å². The summed E-state index contributed by atoms with van der Waals surface area (Å²) in [5.74, 6) is -0.408. The Hall–Kier alpha value is -2.63. The zero-order chi connectivity index (χ0) is 16.7. The van der Waals surface area contributed by atoms with Gasteiger partial charge in [0.15, 0.2) is 5.69 Å². The van der Waals surface area contributed by atoms with E-state index in [0.29, 0.717) is 12.3 Å². The lowest BCUT2D eigenvalue weighted by Gasteiger charge is -2.07. The number of hydrogen-bond donors (Lipinski definition) is 2. The van der Waals surface area contributed by atoms with Crippen LogP contribution < -0.4 is 10.5 Å². The number of ether oxygens (including phenoxy) is 1. The Kier molecular flexibility index (Phi) is 5.91. The Bertz CT molecular complexity index is 657. The number of anilines is 1. The Morgan fingerprint density at radius 3 is 2.57 bits per heavy atom. The molecule has 0 aliphatic rings. The van der Waals surface area contributed by atoms with Crippen molar-refractivity contribution in [3.05, 3.63) is 36.0 Å². The normalized spacial score (nSPS) is 10.5. The van der Waals surface area contributed by atoms with Crippen LogP contribution in [0.25, 0.3) is 11.3 Å². The van der Waals surface area contributed by atoms with E-state index >= 15 is 0 Å². The van der Waals surface area contributed by atoms with Crippen molar-refractivity contribution < 1.29 is 14.6 Å². The summed E-state index contributed by atoms with van der Waals surface area (Å²) < 4.78 is 5.68. The molecule has 0 amide bonds. The smallest absolute Gasteiger partial charge is 0.354 e. The van der Waals surface area contributed by atoms with Gasteiger partial charge < -0.3 is 15.6 Å². The molecule has 1 aromatic heterocycles. The summed E-state index contributed by atoms with van der Waals surface area (Å²) in [6.45, 7) is 2.87. The molecule has 0 saturated heterocycles. The summed E-state index contributed by atoms with van der Waals surface area (Å²) in [6, 6.07) is 8.74. The van der Waals surface area contributed by atoms with E-state index in [1.165, 1.54) is 25.3 Å². The van der Waals surface area contributed by atoms with Crippen molar-refractivity contribution in [3.63, 3.8) is 0 Å². The van der Waals surface area contributed by atoms with Gasteiger partial charge in [0, 0.05) is 5.56 Å². The topological polar surface area (TPSA) is 98.3 Å². The molecule has 6 nitrogen and oxygen atoms in total. The molecule has 6 heteroatoms. The molecular formula is C17H21N3O3. The maximum atomic E-state index is 11.0. The number of benzene rings is 1. The highest BCUT2D eigenvalue weighted by Gasteiger charge is 2.10. The van der Waals surface area contributed by atoms with Gasteiger partial charge in [-0.2, -0.15) is 0 Å². The highest BCUT2D eigenvalue weighted by molar-refractivity contribution is 5.87. The first kappa shape index (κ1) is 16.7. The van der Waals surface area contributed by atoms with Gasteiger partial charge in [-0.15, -0.1) is 0 Å². The number of carboxylic acids is 1. The number of nitrogens with two attached hydrogens (primary N) is 1. The highest BCUT2D eigenvalue weighted by atomic mass is 16.5. The number of carboxylic acid groups (broad SMARTS) is 1. The average molecular weight is 315 g/mol. The minimum atomic E-state index is -1.13. The molecule has 1 heterocycles. The largest absolute Gasteiger partial charge is 0.494 e. The van der Waals surface area contributed by atoms with Crippen molar-refractivity contribution >= 4 is 11.9 Å². The Morgan fingerprint density at radius 2 is 1.91 bits per heavy atom. The van der Waals surface area contributed by atoms with Crippen LogP contribution in [0.15, 0.2) is 30.3 Å². The molecule has 2 aromatic rings. The SMILES string of the molecule is CCCCCCOc1ccc(-c2cc(C(=O)O)nc(N)n2)cc1. The number of nitrogens with zero attached hydrogens (tertiary/aromatic N) is 2. The van der Waals surface area contributed by atoms with Crippen LogP contribution in [0.2, 0.25) is 0 Å². The molecule has 0 radical (unpaired) electrons. The summed E-state index contributed by atoms with van der Waals surface area (Å²) in [7, 11) is 0. The lowest BCUT2D eigenvalue weighted by atomic mass is 10.1. The van der Waals surface area contributed by atoms with Crippen LogP contribution in [0.5, 0.6) is 5.75 Å². The van der Waals surface area contributed by atoms with Crippen molar-refractivity contribution in [2.75, 3.05) is 12.3 Å². The lowest BCUT2D eigenvalue weighted by molar-refractivity contribution is 0.0690. The van der Waals surface area contributed by atoms with E-state index in [0.717, 1.165) is 17.7 Å². The van der Waals surface area contributed by atoms with Gasteiger partial charge in [0.1, 0.15) is 5.75 Å². The zero-order valence-corrected chi connectivity index (χ0v) is 13.2. The second-order valence-electron chi connectivity index (χ2n) is 5.24. The van der Waals surface area contributed by atoms with Crippen LogP contribution in [0, 0.1) is 0 Å². The molecule has 0 saturated carbocycles. The maximum Gasteiger partial charge on any atom is 0.354 e. The second-order valence-corrected chi connectivity index (χ2v) is 5.24. The van der Waals surface area contributed by atoms with Gasteiger partial charge in [-0.3, -0.25) is 0 Å². The van der Waals surface area contributed by atoms with E-state index in [9.17, 15) is 4.79 Å². The van der Waals surface area contributed by atoms with Crippen molar-refractivity contribution in [2.24, 2.45) is 0 Å². The van der Waals surface area contributed by atoms with Crippen LogP contribution >= 0.6 is 0 Å². The molecule has 23 heavy (non-hydrogen) atoms. The number of unbranched alkanes of at least 4 members (excludes halogenated alkanes) is 3. The Morgan fingerprint density at radius 1 is 1.17 bits per heavy atom. The zero-order valence-electron chi connectivity index (χ0n) is 13.2. The third-order valence-electron chi connectivity index (χ3n) is 3.38. The minimum Gasteiger partial charge on any atom is -0.494 e. The molecule has 0 unspecified atom stereocenters. The summed E-state index contributed by atoms with van der Waals surface area (Å²) in [6.07, 6.45) is 4.64. The predicted molar refractivity (Wildman–Crippen MR) is 88.5 cm³/mol. The number of carbonyl (C=O) groups is 1. The first-order valence-corrected chi connectivity index (χ1v) is 7.71. The average Bonchev–Trinajstić information content (AvgIpc) is 2.54. The predicted octanol–water partition coefficient (Wildman–Crippen LogP) is 3.38. The van der Waals surface area contributed by atoms with Crippen molar-refractivity contribution in [1.82, 2.24) is 9.97 Å². The number of aromatic nitrogens is 2.